The van der Waals surface area contributed by atoms with Crippen molar-refractivity contribution in [2.45, 2.75) is 44.7 Å². The molecule has 2 heterocycles. The van der Waals surface area contributed by atoms with E-state index < -0.39 is 4.92 Å². The van der Waals surface area contributed by atoms with E-state index in [1.807, 2.05) is 23.1 Å². The van der Waals surface area contributed by atoms with E-state index in [-0.39, 0.29) is 17.6 Å². The third-order valence-electron chi connectivity index (χ3n) is 4.65. The maximum absolute atomic E-state index is 12.7. The van der Waals surface area contributed by atoms with E-state index in [0.717, 1.165) is 32.2 Å². The SMILES string of the molecule is O=C(CCn1cc([N+](=O)[O-])cn1)N1CCCCC1Cc1ccccc1. The molecule has 7 nitrogen and oxygen atoms in total. The Morgan fingerprint density at radius 1 is 1.28 bits per heavy atom. The Morgan fingerprint density at radius 3 is 2.80 bits per heavy atom. The Bertz CT molecular complexity index is 729. The molecule has 0 bridgehead atoms. The zero-order valence-electron chi connectivity index (χ0n) is 14.1. The Morgan fingerprint density at radius 2 is 2.08 bits per heavy atom. The molecule has 1 aromatic heterocycles. The molecular weight excluding hydrogens is 320 g/mol. The summed E-state index contributed by atoms with van der Waals surface area (Å²) in [5.41, 5.74) is 1.20. The van der Waals surface area contributed by atoms with Crippen LogP contribution in [0.3, 0.4) is 0 Å². The average molecular weight is 342 g/mol. The second kappa shape index (κ2) is 7.92. The lowest BCUT2D eigenvalue weighted by atomic mass is 9.95. The standard InChI is InChI=1S/C18H22N4O3/c23-18(9-11-20-14-17(13-19-20)22(24)25)21-10-5-4-8-16(21)12-15-6-2-1-3-7-15/h1-3,6-7,13-14,16H,4-5,8-12H2. The molecule has 2 aromatic rings. The molecular formula is C18H22N4O3. The Kier molecular flexibility index (Phi) is 5.42. The summed E-state index contributed by atoms with van der Waals surface area (Å²) in [5.74, 6) is 0.0961. The van der Waals surface area contributed by atoms with Crippen LogP contribution in [0.25, 0.3) is 0 Å². The molecule has 0 saturated carbocycles. The second-order valence-electron chi connectivity index (χ2n) is 6.40. The molecule has 0 N–H and O–H groups in total. The van der Waals surface area contributed by atoms with E-state index in [4.69, 9.17) is 0 Å². The number of aromatic nitrogens is 2. The molecule has 1 fully saturated rings. The van der Waals surface area contributed by atoms with Crippen molar-refractivity contribution < 1.29 is 9.72 Å². The molecule has 1 aliphatic rings. The first-order valence-electron chi connectivity index (χ1n) is 8.64. The van der Waals surface area contributed by atoms with Gasteiger partial charge in [-0.2, -0.15) is 5.10 Å². The van der Waals surface area contributed by atoms with Crippen LogP contribution in [0.4, 0.5) is 5.69 Å². The quantitative estimate of drug-likeness (QED) is 0.597. The van der Waals surface area contributed by atoms with Gasteiger partial charge in [0.25, 0.3) is 0 Å². The third kappa shape index (κ3) is 4.43. The number of amides is 1. The van der Waals surface area contributed by atoms with Gasteiger partial charge in [-0.05, 0) is 31.2 Å². The lowest BCUT2D eigenvalue weighted by Gasteiger charge is -2.36. The fourth-order valence-corrected chi connectivity index (χ4v) is 3.35. The van der Waals surface area contributed by atoms with Crippen LogP contribution in [0.5, 0.6) is 0 Å². The van der Waals surface area contributed by atoms with Crippen LogP contribution in [0.1, 0.15) is 31.2 Å². The van der Waals surface area contributed by atoms with Gasteiger partial charge in [-0.25, -0.2) is 0 Å². The van der Waals surface area contributed by atoms with Crippen LogP contribution in [0.2, 0.25) is 0 Å². The third-order valence-corrected chi connectivity index (χ3v) is 4.65. The first-order valence-corrected chi connectivity index (χ1v) is 8.64. The summed E-state index contributed by atoms with van der Waals surface area (Å²) in [6, 6.07) is 10.5. The molecule has 3 rings (SSSR count). The second-order valence-corrected chi connectivity index (χ2v) is 6.40. The lowest BCUT2D eigenvalue weighted by molar-refractivity contribution is -0.385. The van der Waals surface area contributed by atoms with E-state index in [1.165, 1.54) is 22.6 Å². The number of piperidine rings is 1. The molecule has 1 amide bonds. The lowest BCUT2D eigenvalue weighted by Crippen LogP contribution is -2.45. The van der Waals surface area contributed by atoms with Crippen molar-refractivity contribution in [3.63, 3.8) is 0 Å². The van der Waals surface area contributed by atoms with Crippen molar-refractivity contribution in [2.24, 2.45) is 0 Å². The molecule has 1 aliphatic heterocycles. The number of hydrogen-bond donors (Lipinski definition) is 0. The zero-order chi connectivity index (χ0) is 17.6. The summed E-state index contributed by atoms with van der Waals surface area (Å²) in [7, 11) is 0. The highest BCUT2D eigenvalue weighted by molar-refractivity contribution is 5.76. The minimum Gasteiger partial charge on any atom is -0.339 e. The van der Waals surface area contributed by atoms with E-state index >= 15 is 0 Å². The van der Waals surface area contributed by atoms with Gasteiger partial charge in [-0.3, -0.25) is 19.6 Å². The van der Waals surface area contributed by atoms with Crippen molar-refractivity contribution in [3.8, 4) is 0 Å². The molecule has 132 valence electrons. The van der Waals surface area contributed by atoms with Gasteiger partial charge in [0.15, 0.2) is 0 Å². The predicted octanol–water partition coefficient (Wildman–Crippen LogP) is 2.81. The number of carbonyl (C=O) groups excluding carboxylic acids is 1. The van der Waals surface area contributed by atoms with Crippen molar-refractivity contribution in [2.75, 3.05) is 6.54 Å². The Balaban J connectivity index is 1.59. The molecule has 0 radical (unpaired) electrons. The van der Waals surface area contributed by atoms with Gasteiger partial charge in [0, 0.05) is 25.6 Å². The summed E-state index contributed by atoms with van der Waals surface area (Å²) in [6.45, 7) is 1.15. The van der Waals surface area contributed by atoms with E-state index in [0.29, 0.717) is 13.0 Å². The van der Waals surface area contributed by atoms with Crippen LogP contribution < -0.4 is 0 Å². The molecule has 1 unspecified atom stereocenters. The van der Waals surface area contributed by atoms with E-state index in [2.05, 4.69) is 17.2 Å². The molecule has 0 spiro atoms. The monoisotopic (exact) mass is 342 g/mol. The molecule has 1 aromatic carbocycles. The first kappa shape index (κ1) is 17.1. The van der Waals surface area contributed by atoms with Crippen LogP contribution in [-0.2, 0) is 17.8 Å². The molecule has 1 saturated heterocycles. The minimum atomic E-state index is -0.480. The summed E-state index contributed by atoms with van der Waals surface area (Å²) in [6.07, 6.45) is 6.96. The van der Waals surface area contributed by atoms with Crippen LogP contribution in [0, 0.1) is 10.1 Å². The minimum absolute atomic E-state index is 0.0487. The summed E-state index contributed by atoms with van der Waals surface area (Å²) in [4.78, 5) is 24.9. The topological polar surface area (TPSA) is 81.3 Å². The van der Waals surface area contributed by atoms with Gasteiger partial charge in [0.2, 0.25) is 5.91 Å². The molecule has 7 heteroatoms. The van der Waals surface area contributed by atoms with Crippen molar-refractivity contribution >= 4 is 11.6 Å². The van der Waals surface area contributed by atoms with Crippen LogP contribution >= 0.6 is 0 Å². The van der Waals surface area contributed by atoms with Crippen molar-refractivity contribution in [3.05, 3.63) is 58.4 Å². The van der Waals surface area contributed by atoms with Gasteiger partial charge in [0.1, 0.15) is 12.4 Å². The van der Waals surface area contributed by atoms with Gasteiger partial charge in [0.05, 0.1) is 4.92 Å². The highest BCUT2D eigenvalue weighted by atomic mass is 16.6. The first-order chi connectivity index (χ1) is 12.1. The Labute approximate surface area is 146 Å². The largest absolute Gasteiger partial charge is 0.339 e. The fourth-order valence-electron chi connectivity index (χ4n) is 3.35. The smallest absolute Gasteiger partial charge is 0.306 e. The zero-order valence-corrected chi connectivity index (χ0v) is 14.1. The van der Waals surface area contributed by atoms with E-state index in [1.54, 1.807) is 0 Å². The van der Waals surface area contributed by atoms with Crippen LogP contribution in [-0.4, -0.2) is 38.1 Å². The van der Waals surface area contributed by atoms with Gasteiger partial charge in [-0.1, -0.05) is 30.3 Å². The highest BCUT2D eigenvalue weighted by Crippen LogP contribution is 2.22. The number of carbonyl (C=O) groups is 1. The molecule has 0 aliphatic carbocycles. The van der Waals surface area contributed by atoms with E-state index in [9.17, 15) is 14.9 Å². The van der Waals surface area contributed by atoms with Crippen LogP contribution in [0.15, 0.2) is 42.7 Å². The number of aryl methyl sites for hydroxylation is 1. The summed E-state index contributed by atoms with van der Waals surface area (Å²) in [5, 5.41) is 14.6. The fraction of sp³-hybridized carbons (Fsp3) is 0.444. The molecule has 25 heavy (non-hydrogen) atoms. The van der Waals surface area contributed by atoms with Gasteiger partial charge in [-0.15, -0.1) is 0 Å². The van der Waals surface area contributed by atoms with Gasteiger partial charge < -0.3 is 4.90 Å². The normalized spacial score (nSPS) is 17.4. The number of benzene rings is 1. The number of hydrogen-bond acceptors (Lipinski definition) is 4. The number of nitrogens with zero attached hydrogens (tertiary/aromatic N) is 4. The summed E-state index contributed by atoms with van der Waals surface area (Å²) < 4.78 is 1.46. The average Bonchev–Trinajstić information content (AvgIpc) is 3.10. The number of nitro groups is 1. The maximum Gasteiger partial charge on any atom is 0.306 e. The van der Waals surface area contributed by atoms with Crippen molar-refractivity contribution in [1.29, 1.82) is 0 Å². The predicted molar refractivity (Wildman–Crippen MR) is 93.0 cm³/mol. The van der Waals surface area contributed by atoms with Crippen molar-refractivity contribution in [1.82, 2.24) is 14.7 Å². The molecule has 1 atom stereocenters. The maximum atomic E-state index is 12.7. The number of rotatable bonds is 6. The Hall–Kier alpha value is -2.70. The summed E-state index contributed by atoms with van der Waals surface area (Å²) >= 11 is 0. The number of likely N-dealkylation sites (tertiary alicyclic amines) is 1. The van der Waals surface area contributed by atoms with Gasteiger partial charge >= 0.3 is 5.69 Å². The highest BCUT2D eigenvalue weighted by Gasteiger charge is 2.26.